The Kier molecular flexibility index (Phi) is 8.00. The van der Waals surface area contributed by atoms with Crippen molar-refractivity contribution in [1.29, 1.82) is 0 Å². The Morgan fingerprint density at radius 1 is 0.914 bits per heavy atom. The number of hydrogen-bond donors (Lipinski definition) is 2. The third kappa shape index (κ3) is 5.99. The molecule has 0 radical (unpaired) electrons. The van der Waals surface area contributed by atoms with Gasteiger partial charge in [0.2, 0.25) is 0 Å². The quantitative estimate of drug-likeness (QED) is 0.428. The molecule has 0 saturated carbocycles. The number of fused-ring (bicyclic) bond motifs is 1. The summed E-state index contributed by atoms with van der Waals surface area (Å²) in [5.41, 5.74) is 10.0. The third-order valence-electron chi connectivity index (χ3n) is 6.47. The van der Waals surface area contributed by atoms with Crippen LogP contribution in [-0.4, -0.2) is 57.1 Å². The van der Waals surface area contributed by atoms with E-state index in [1.54, 1.807) is 33.5 Å². The fraction of sp³-hybridized carbons (Fsp3) is 0.357. The number of β-amino-alcohol motifs (C(OH)–C–C–N with tert-alkyl or cyclic N) is 1. The lowest BCUT2D eigenvalue weighted by Crippen LogP contribution is -2.42. The number of nitrogen functional groups attached to an aromatic ring is 1. The van der Waals surface area contributed by atoms with Gasteiger partial charge in [-0.15, -0.1) is 0 Å². The molecule has 3 N–H and O–H groups in total. The van der Waals surface area contributed by atoms with Crippen LogP contribution >= 0.6 is 0 Å². The number of rotatable bonds is 10. The zero-order chi connectivity index (χ0) is 24.8. The van der Waals surface area contributed by atoms with E-state index in [0.29, 0.717) is 23.7 Å². The maximum atomic E-state index is 10.8. The van der Waals surface area contributed by atoms with Crippen LogP contribution in [0.5, 0.6) is 23.0 Å². The first-order valence-corrected chi connectivity index (χ1v) is 11.8. The molecule has 1 aliphatic heterocycles. The molecular weight excluding hydrogens is 444 g/mol. The summed E-state index contributed by atoms with van der Waals surface area (Å²) in [4.78, 5) is 2.33. The van der Waals surface area contributed by atoms with Gasteiger partial charge in [-0.1, -0.05) is 12.1 Å². The van der Waals surface area contributed by atoms with Gasteiger partial charge in [-0.05, 0) is 78.1 Å². The molecule has 0 fully saturated rings. The zero-order valence-corrected chi connectivity index (χ0v) is 20.6. The summed E-state index contributed by atoms with van der Waals surface area (Å²) in [6.07, 6.45) is 1.01. The maximum absolute atomic E-state index is 10.8. The fourth-order valence-corrected chi connectivity index (χ4v) is 4.60. The summed E-state index contributed by atoms with van der Waals surface area (Å²) in [5.74, 6) is 2.96. The molecule has 0 spiro atoms. The monoisotopic (exact) mass is 478 g/mol. The van der Waals surface area contributed by atoms with Gasteiger partial charge in [0.1, 0.15) is 24.2 Å². The molecule has 3 aromatic carbocycles. The van der Waals surface area contributed by atoms with E-state index in [4.69, 9.17) is 24.7 Å². The van der Waals surface area contributed by atoms with Gasteiger partial charge in [0, 0.05) is 24.8 Å². The Hall–Kier alpha value is -3.42. The van der Waals surface area contributed by atoms with Crippen molar-refractivity contribution in [3.8, 4) is 23.0 Å². The lowest BCUT2D eigenvalue weighted by atomic mass is 9.88. The van der Waals surface area contributed by atoms with E-state index in [1.807, 2.05) is 24.3 Å². The molecule has 0 aromatic heterocycles. The van der Waals surface area contributed by atoms with Crippen molar-refractivity contribution in [2.75, 3.05) is 46.8 Å². The van der Waals surface area contributed by atoms with Crippen molar-refractivity contribution in [2.45, 2.75) is 25.0 Å². The number of hydrogen-bond acceptors (Lipinski definition) is 7. The van der Waals surface area contributed by atoms with E-state index in [0.717, 1.165) is 30.9 Å². The molecule has 7 nitrogen and oxygen atoms in total. The molecule has 7 heteroatoms. The molecule has 3 aromatic rings. The number of anilines is 1. The number of benzene rings is 3. The Labute approximate surface area is 207 Å². The summed E-state index contributed by atoms with van der Waals surface area (Å²) in [6, 6.07) is 19.6. The number of aliphatic hydroxyl groups excluding tert-OH is 1. The van der Waals surface area contributed by atoms with Crippen molar-refractivity contribution in [3.63, 3.8) is 0 Å². The average Bonchev–Trinajstić information content (AvgIpc) is 2.89. The Balaban J connectivity index is 1.55. The highest BCUT2D eigenvalue weighted by atomic mass is 16.5. The highest BCUT2D eigenvalue weighted by Crippen LogP contribution is 2.39. The number of methoxy groups -OCH3 is 3. The van der Waals surface area contributed by atoms with Gasteiger partial charge in [-0.2, -0.15) is 0 Å². The minimum atomic E-state index is -0.646. The summed E-state index contributed by atoms with van der Waals surface area (Å²) in [5, 5.41) is 10.8. The predicted octanol–water partition coefficient (Wildman–Crippen LogP) is 3.88. The highest BCUT2D eigenvalue weighted by molar-refractivity contribution is 5.50. The maximum Gasteiger partial charge on any atom is 0.161 e. The largest absolute Gasteiger partial charge is 0.497 e. The van der Waals surface area contributed by atoms with Gasteiger partial charge in [-0.3, -0.25) is 4.90 Å². The van der Waals surface area contributed by atoms with E-state index >= 15 is 0 Å². The highest BCUT2D eigenvalue weighted by Gasteiger charge is 2.30. The summed E-state index contributed by atoms with van der Waals surface area (Å²) in [6.45, 7) is 1.51. The normalized spacial score (nSPS) is 16.3. The van der Waals surface area contributed by atoms with Crippen molar-refractivity contribution >= 4 is 5.69 Å². The second kappa shape index (κ2) is 11.3. The molecule has 186 valence electrons. The van der Waals surface area contributed by atoms with E-state index in [9.17, 15) is 5.11 Å². The predicted molar refractivity (Wildman–Crippen MR) is 137 cm³/mol. The van der Waals surface area contributed by atoms with Crippen LogP contribution in [0.4, 0.5) is 5.69 Å². The van der Waals surface area contributed by atoms with E-state index in [-0.39, 0.29) is 12.6 Å². The second-order valence-electron chi connectivity index (χ2n) is 8.75. The van der Waals surface area contributed by atoms with Gasteiger partial charge in [0.25, 0.3) is 0 Å². The van der Waals surface area contributed by atoms with E-state index < -0.39 is 6.10 Å². The first kappa shape index (κ1) is 24.7. The molecule has 2 atom stereocenters. The average molecular weight is 479 g/mol. The summed E-state index contributed by atoms with van der Waals surface area (Å²) >= 11 is 0. The molecule has 4 rings (SSSR count). The fourth-order valence-electron chi connectivity index (χ4n) is 4.60. The van der Waals surface area contributed by atoms with Crippen molar-refractivity contribution in [2.24, 2.45) is 0 Å². The standard InChI is InChI=1S/C28H34N2O5/c1-32-23-8-4-19(5-9-23)14-26-25-16-28(34-3)27(33-2)15-20(25)12-13-30(26)17-22(31)18-35-24-10-6-21(29)7-11-24/h4-11,15-16,22,26,31H,12-14,17-18,29H2,1-3H3. The molecule has 1 heterocycles. The van der Waals surface area contributed by atoms with Crippen LogP contribution in [0.2, 0.25) is 0 Å². The SMILES string of the molecule is COc1ccc(CC2c3cc(OC)c(OC)cc3CCN2CC(O)COc2ccc(N)cc2)cc1. The topological polar surface area (TPSA) is 86.4 Å². The smallest absolute Gasteiger partial charge is 0.161 e. The number of ether oxygens (including phenoxy) is 4. The van der Waals surface area contributed by atoms with Crippen LogP contribution < -0.4 is 24.7 Å². The van der Waals surface area contributed by atoms with Crippen LogP contribution in [-0.2, 0) is 12.8 Å². The summed E-state index contributed by atoms with van der Waals surface area (Å²) < 4.78 is 22.3. The van der Waals surface area contributed by atoms with Crippen LogP contribution in [0.3, 0.4) is 0 Å². The van der Waals surface area contributed by atoms with Crippen molar-refractivity contribution in [1.82, 2.24) is 4.90 Å². The molecule has 2 unspecified atom stereocenters. The summed E-state index contributed by atoms with van der Waals surface area (Å²) in [7, 11) is 4.98. The minimum Gasteiger partial charge on any atom is -0.497 e. The molecule has 35 heavy (non-hydrogen) atoms. The molecular formula is C28H34N2O5. The van der Waals surface area contributed by atoms with Crippen molar-refractivity contribution < 1.29 is 24.1 Å². The van der Waals surface area contributed by atoms with Crippen molar-refractivity contribution in [3.05, 3.63) is 77.4 Å². The van der Waals surface area contributed by atoms with E-state index in [1.165, 1.54) is 16.7 Å². The number of aliphatic hydroxyl groups is 1. The van der Waals surface area contributed by atoms with E-state index in [2.05, 4.69) is 29.2 Å². The number of nitrogens with two attached hydrogens (primary N) is 1. The Bertz CT molecular complexity index is 1100. The second-order valence-corrected chi connectivity index (χ2v) is 8.75. The molecule has 0 amide bonds. The van der Waals surface area contributed by atoms with Gasteiger partial charge >= 0.3 is 0 Å². The van der Waals surface area contributed by atoms with Gasteiger partial charge < -0.3 is 29.8 Å². The van der Waals surface area contributed by atoms with Gasteiger partial charge in [0.05, 0.1) is 21.3 Å². The number of nitrogens with zero attached hydrogens (tertiary/aromatic N) is 1. The molecule has 1 aliphatic rings. The van der Waals surface area contributed by atoms with Crippen LogP contribution in [0, 0.1) is 0 Å². The third-order valence-corrected chi connectivity index (χ3v) is 6.47. The zero-order valence-electron chi connectivity index (χ0n) is 20.6. The first-order valence-electron chi connectivity index (χ1n) is 11.8. The lowest BCUT2D eigenvalue weighted by Gasteiger charge is -2.39. The van der Waals surface area contributed by atoms with Gasteiger partial charge in [-0.25, -0.2) is 0 Å². The van der Waals surface area contributed by atoms with Crippen LogP contribution in [0.15, 0.2) is 60.7 Å². The van der Waals surface area contributed by atoms with Crippen LogP contribution in [0.1, 0.15) is 22.7 Å². The Morgan fingerprint density at radius 2 is 1.57 bits per heavy atom. The minimum absolute atomic E-state index is 0.0677. The van der Waals surface area contributed by atoms with Gasteiger partial charge in [0.15, 0.2) is 11.5 Å². The molecule has 0 aliphatic carbocycles. The van der Waals surface area contributed by atoms with Crippen LogP contribution in [0.25, 0.3) is 0 Å². The molecule has 0 saturated heterocycles. The molecule has 0 bridgehead atoms. The first-order chi connectivity index (χ1) is 17.0. The lowest BCUT2D eigenvalue weighted by molar-refractivity contribution is 0.0482. The Morgan fingerprint density at radius 3 is 2.23 bits per heavy atom.